The van der Waals surface area contributed by atoms with Crippen LogP contribution >= 0.6 is 11.6 Å². The van der Waals surface area contributed by atoms with Crippen molar-refractivity contribution in [3.63, 3.8) is 0 Å². The second kappa shape index (κ2) is 8.51. The standard InChI is InChI=1S/C20H24ClN3O3S/c1-23(2)18-7-3-15(4-8-18)20(25)22-17-11-13-24(14-12-17)28(26,27)19-9-5-16(21)6-10-19/h3-10,17H,11-14H2,1-2H3,(H,22,25). The fourth-order valence-corrected chi connectivity index (χ4v) is 4.77. The predicted molar refractivity (Wildman–Crippen MR) is 111 cm³/mol. The van der Waals surface area contributed by atoms with E-state index >= 15 is 0 Å². The van der Waals surface area contributed by atoms with E-state index in [2.05, 4.69) is 5.32 Å². The molecule has 150 valence electrons. The molecule has 6 nitrogen and oxygen atoms in total. The van der Waals surface area contributed by atoms with Crippen molar-refractivity contribution in [2.24, 2.45) is 0 Å². The van der Waals surface area contributed by atoms with Gasteiger partial charge >= 0.3 is 0 Å². The number of piperidine rings is 1. The van der Waals surface area contributed by atoms with Gasteiger partial charge in [0, 0.05) is 49.5 Å². The lowest BCUT2D eigenvalue weighted by Gasteiger charge is -2.31. The number of amides is 1. The van der Waals surface area contributed by atoms with Gasteiger partial charge in [0.25, 0.3) is 5.91 Å². The predicted octanol–water partition coefficient (Wildman–Crippen LogP) is 2.99. The van der Waals surface area contributed by atoms with Gasteiger partial charge in [-0.1, -0.05) is 11.6 Å². The Morgan fingerprint density at radius 2 is 1.61 bits per heavy atom. The van der Waals surface area contributed by atoms with Gasteiger partial charge in [-0.05, 0) is 61.4 Å². The number of hydrogen-bond acceptors (Lipinski definition) is 4. The van der Waals surface area contributed by atoms with E-state index in [-0.39, 0.29) is 16.8 Å². The molecule has 0 bridgehead atoms. The van der Waals surface area contributed by atoms with Crippen LogP contribution in [0.25, 0.3) is 0 Å². The summed E-state index contributed by atoms with van der Waals surface area (Å²) in [5.41, 5.74) is 1.62. The summed E-state index contributed by atoms with van der Waals surface area (Å²) in [6.07, 6.45) is 1.16. The summed E-state index contributed by atoms with van der Waals surface area (Å²) >= 11 is 5.84. The molecule has 28 heavy (non-hydrogen) atoms. The second-order valence-corrected chi connectivity index (χ2v) is 9.42. The van der Waals surface area contributed by atoms with Crippen LogP contribution in [0.15, 0.2) is 53.4 Å². The maximum absolute atomic E-state index is 12.7. The quantitative estimate of drug-likeness (QED) is 0.805. The number of carbonyl (C=O) groups is 1. The number of rotatable bonds is 5. The van der Waals surface area contributed by atoms with Crippen molar-refractivity contribution >= 4 is 33.2 Å². The minimum atomic E-state index is -3.54. The molecule has 1 amide bonds. The largest absolute Gasteiger partial charge is 0.378 e. The van der Waals surface area contributed by atoms with E-state index in [1.54, 1.807) is 24.3 Å². The smallest absolute Gasteiger partial charge is 0.251 e. The number of hydrogen-bond donors (Lipinski definition) is 1. The molecule has 2 aromatic carbocycles. The zero-order valence-electron chi connectivity index (χ0n) is 15.9. The molecule has 0 saturated carbocycles. The Morgan fingerprint density at radius 1 is 1.04 bits per heavy atom. The number of anilines is 1. The van der Waals surface area contributed by atoms with Crippen molar-refractivity contribution in [3.8, 4) is 0 Å². The zero-order chi connectivity index (χ0) is 20.3. The summed E-state index contributed by atoms with van der Waals surface area (Å²) in [6.45, 7) is 0.741. The fourth-order valence-electron chi connectivity index (χ4n) is 3.18. The number of nitrogens with zero attached hydrogens (tertiary/aromatic N) is 2. The first-order valence-electron chi connectivity index (χ1n) is 9.11. The van der Waals surface area contributed by atoms with Gasteiger partial charge in [0.1, 0.15) is 0 Å². The van der Waals surface area contributed by atoms with E-state index in [0.717, 1.165) is 5.69 Å². The van der Waals surface area contributed by atoms with Crippen molar-refractivity contribution in [1.82, 2.24) is 9.62 Å². The Balaban J connectivity index is 1.57. The van der Waals surface area contributed by atoms with Crippen molar-refractivity contribution in [2.75, 3.05) is 32.1 Å². The minimum Gasteiger partial charge on any atom is -0.378 e. The molecule has 1 aliphatic heterocycles. The van der Waals surface area contributed by atoms with Crippen molar-refractivity contribution in [1.29, 1.82) is 0 Å². The van der Waals surface area contributed by atoms with Crippen LogP contribution in [-0.2, 0) is 10.0 Å². The lowest BCUT2D eigenvalue weighted by molar-refractivity contribution is 0.0924. The van der Waals surface area contributed by atoms with Crippen LogP contribution in [0.4, 0.5) is 5.69 Å². The lowest BCUT2D eigenvalue weighted by Crippen LogP contribution is -2.46. The van der Waals surface area contributed by atoms with Crippen LogP contribution in [0.2, 0.25) is 5.02 Å². The maximum atomic E-state index is 12.7. The molecule has 0 radical (unpaired) electrons. The first-order valence-corrected chi connectivity index (χ1v) is 10.9. The molecule has 3 rings (SSSR count). The summed E-state index contributed by atoms with van der Waals surface area (Å²) in [7, 11) is 0.352. The highest BCUT2D eigenvalue weighted by Crippen LogP contribution is 2.22. The molecular formula is C20H24ClN3O3S. The van der Waals surface area contributed by atoms with Crippen molar-refractivity contribution in [3.05, 3.63) is 59.1 Å². The molecule has 2 aromatic rings. The molecule has 0 aromatic heterocycles. The first kappa shape index (κ1) is 20.6. The van der Waals surface area contributed by atoms with E-state index in [1.165, 1.54) is 16.4 Å². The molecule has 1 N–H and O–H groups in total. The lowest BCUT2D eigenvalue weighted by atomic mass is 10.1. The van der Waals surface area contributed by atoms with Gasteiger partial charge in [-0.25, -0.2) is 8.42 Å². The SMILES string of the molecule is CN(C)c1ccc(C(=O)NC2CCN(S(=O)(=O)c3ccc(Cl)cc3)CC2)cc1. The normalized spacial score (nSPS) is 16.0. The summed E-state index contributed by atoms with van der Waals surface area (Å²) in [5.74, 6) is -0.135. The van der Waals surface area contributed by atoms with Crippen LogP contribution in [-0.4, -0.2) is 51.9 Å². The molecule has 0 atom stereocenters. The first-order chi connectivity index (χ1) is 13.3. The van der Waals surface area contributed by atoms with Crippen LogP contribution in [0.5, 0.6) is 0 Å². The number of halogens is 1. The Hall–Kier alpha value is -2.09. The zero-order valence-corrected chi connectivity index (χ0v) is 17.5. The molecule has 0 aliphatic carbocycles. The molecule has 0 unspecified atom stereocenters. The van der Waals surface area contributed by atoms with Crippen molar-refractivity contribution < 1.29 is 13.2 Å². The molecule has 1 fully saturated rings. The number of sulfonamides is 1. The fraction of sp³-hybridized carbons (Fsp3) is 0.350. The third-order valence-corrected chi connectivity index (χ3v) is 7.05. The summed E-state index contributed by atoms with van der Waals surface area (Å²) < 4.78 is 26.9. The van der Waals surface area contributed by atoms with Gasteiger partial charge in [0.05, 0.1) is 4.90 Å². The van der Waals surface area contributed by atoms with Crippen LogP contribution < -0.4 is 10.2 Å². The third-order valence-electron chi connectivity index (χ3n) is 4.89. The van der Waals surface area contributed by atoms with Gasteiger partial charge in [-0.15, -0.1) is 0 Å². The van der Waals surface area contributed by atoms with Gasteiger partial charge in [-0.3, -0.25) is 4.79 Å². The maximum Gasteiger partial charge on any atom is 0.251 e. The Bertz CT molecular complexity index is 920. The molecular weight excluding hydrogens is 398 g/mol. The Labute approximate surface area is 171 Å². The number of benzene rings is 2. The monoisotopic (exact) mass is 421 g/mol. The highest BCUT2D eigenvalue weighted by atomic mass is 35.5. The Kier molecular flexibility index (Phi) is 6.27. The van der Waals surface area contributed by atoms with E-state index in [4.69, 9.17) is 11.6 Å². The second-order valence-electron chi connectivity index (χ2n) is 7.05. The van der Waals surface area contributed by atoms with E-state index < -0.39 is 10.0 Å². The average Bonchev–Trinajstić information content (AvgIpc) is 2.69. The third kappa shape index (κ3) is 4.66. The highest BCUT2D eigenvalue weighted by molar-refractivity contribution is 7.89. The van der Waals surface area contributed by atoms with Gasteiger partial charge in [-0.2, -0.15) is 4.31 Å². The van der Waals surface area contributed by atoms with E-state index in [1.807, 2.05) is 31.1 Å². The molecule has 1 saturated heterocycles. The number of nitrogens with one attached hydrogen (secondary N) is 1. The summed E-state index contributed by atoms with van der Waals surface area (Å²) in [4.78, 5) is 14.7. The highest BCUT2D eigenvalue weighted by Gasteiger charge is 2.30. The molecule has 0 spiro atoms. The van der Waals surface area contributed by atoms with E-state index in [0.29, 0.717) is 36.5 Å². The summed E-state index contributed by atoms with van der Waals surface area (Å²) in [6, 6.07) is 13.5. The van der Waals surface area contributed by atoms with Crippen molar-refractivity contribution in [2.45, 2.75) is 23.8 Å². The summed E-state index contributed by atoms with van der Waals surface area (Å²) in [5, 5.41) is 3.51. The molecule has 8 heteroatoms. The van der Waals surface area contributed by atoms with Crippen LogP contribution in [0.1, 0.15) is 23.2 Å². The van der Waals surface area contributed by atoms with Gasteiger partial charge in [0.15, 0.2) is 0 Å². The Morgan fingerprint density at radius 3 is 2.14 bits per heavy atom. The average molecular weight is 422 g/mol. The molecule has 1 aliphatic rings. The van der Waals surface area contributed by atoms with E-state index in [9.17, 15) is 13.2 Å². The number of carbonyl (C=O) groups excluding carboxylic acids is 1. The van der Waals surface area contributed by atoms with Crippen LogP contribution in [0.3, 0.4) is 0 Å². The van der Waals surface area contributed by atoms with Gasteiger partial charge in [0.2, 0.25) is 10.0 Å². The van der Waals surface area contributed by atoms with Gasteiger partial charge < -0.3 is 10.2 Å². The van der Waals surface area contributed by atoms with Crippen LogP contribution in [0, 0.1) is 0 Å². The topological polar surface area (TPSA) is 69.7 Å². The molecule has 1 heterocycles. The minimum absolute atomic E-state index is 0.0438.